The number of hydrogen-bond donors (Lipinski definition) is 2. The predicted octanol–water partition coefficient (Wildman–Crippen LogP) is 2.51. The van der Waals surface area contributed by atoms with Gasteiger partial charge in [-0.1, -0.05) is 6.07 Å². The minimum Gasteiger partial charge on any atom is -0.363 e. The van der Waals surface area contributed by atoms with Crippen LogP contribution in [-0.2, 0) is 0 Å². The molecule has 0 radical (unpaired) electrons. The maximum atomic E-state index is 13.4. The number of nitrogens with one attached hydrogen (secondary N) is 2. The lowest BCUT2D eigenvalue weighted by Crippen LogP contribution is -2.36. The summed E-state index contributed by atoms with van der Waals surface area (Å²) < 4.78 is 26.1. The van der Waals surface area contributed by atoms with Gasteiger partial charge in [0, 0.05) is 18.2 Å². The maximum absolute atomic E-state index is 13.4. The van der Waals surface area contributed by atoms with Crippen LogP contribution in [0.2, 0.25) is 0 Å². The zero-order valence-electron chi connectivity index (χ0n) is 9.18. The monoisotopic (exact) mass is 244 g/mol. The molecule has 16 heavy (non-hydrogen) atoms. The van der Waals surface area contributed by atoms with Crippen LogP contribution in [0.4, 0.5) is 8.78 Å². The molecular formula is C11H14F2N2S. The normalized spacial score (nSPS) is 12.0. The quantitative estimate of drug-likeness (QED) is 0.799. The zero-order valence-corrected chi connectivity index (χ0v) is 10.00. The standard InChI is InChI=1S/C11H14F2N2S/c1-3-14-11(16)15-7(2)9-5-4-8(12)6-10(9)13/h4-7H,3H2,1-2H3,(H2,14,15,16)/t7-/m0/s1. The van der Waals surface area contributed by atoms with Crippen LogP contribution in [0.5, 0.6) is 0 Å². The highest BCUT2D eigenvalue weighted by atomic mass is 32.1. The second-order valence-electron chi connectivity index (χ2n) is 3.39. The summed E-state index contributed by atoms with van der Waals surface area (Å²) in [6, 6.07) is 3.21. The fraction of sp³-hybridized carbons (Fsp3) is 0.364. The lowest BCUT2D eigenvalue weighted by atomic mass is 10.1. The van der Waals surface area contributed by atoms with Crippen LogP contribution in [0.3, 0.4) is 0 Å². The molecule has 5 heteroatoms. The van der Waals surface area contributed by atoms with E-state index in [1.165, 1.54) is 12.1 Å². The van der Waals surface area contributed by atoms with E-state index in [2.05, 4.69) is 10.6 Å². The summed E-state index contributed by atoms with van der Waals surface area (Å²) in [4.78, 5) is 0. The van der Waals surface area contributed by atoms with Crippen molar-refractivity contribution in [2.24, 2.45) is 0 Å². The summed E-state index contributed by atoms with van der Waals surface area (Å²) in [5, 5.41) is 6.27. The van der Waals surface area contributed by atoms with Crippen LogP contribution in [0, 0.1) is 11.6 Å². The topological polar surface area (TPSA) is 24.1 Å². The Morgan fingerprint density at radius 2 is 2.12 bits per heavy atom. The molecule has 2 nitrogen and oxygen atoms in total. The van der Waals surface area contributed by atoms with Crippen LogP contribution in [0.1, 0.15) is 25.5 Å². The Hall–Kier alpha value is -1.23. The van der Waals surface area contributed by atoms with E-state index in [0.29, 0.717) is 17.2 Å². The van der Waals surface area contributed by atoms with Gasteiger partial charge in [-0.05, 0) is 32.1 Å². The van der Waals surface area contributed by atoms with Gasteiger partial charge in [-0.15, -0.1) is 0 Å². The lowest BCUT2D eigenvalue weighted by Gasteiger charge is -2.17. The molecule has 0 fully saturated rings. The van der Waals surface area contributed by atoms with E-state index in [9.17, 15) is 8.78 Å². The molecule has 0 aliphatic heterocycles. The van der Waals surface area contributed by atoms with Crippen molar-refractivity contribution in [3.63, 3.8) is 0 Å². The molecule has 0 spiro atoms. The molecule has 0 unspecified atom stereocenters. The number of benzene rings is 1. The maximum Gasteiger partial charge on any atom is 0.166 e. The number of thiocarbonyl (C=S) groups is 1. The third kappa shape index (κ3) is 3.41. The SMILES string of the molecule is CCNC(=S)N[C@@H](C)c1ccc(F)cc1F. The van der Waals surface area contributed by atoms with Crippen molar-refractivity contribution >= 4 is 17.3 Å². The third-order valence-corrected chi connectivity index (χ3v) is 2.38. The Balaban J connectivity index is 2.72. The summed E-state index contributed by atoms with van der Waals surface area (Å²) >= 11 is 4.98. The molecule has 2 N–H and O–H groups in total. The van der Waals surface area contributed by atoms with E-state index in [1.54, 1.807) is 6.92 Å². The van der Waals surface area contributed by atoms with Crippen LogP contribution < -0.4 is 10.6 Å². The molecule has 88 valence electrons. The largest absolute Gasteiger partial charge is 0.363 e. The van der Waals surface area contributed by atoms with Gasteiger partial charge in [0.1, 0.15) is 11.6 Å². The number of rotatable bonds is 3. The van der Waals surface area contributed by atoms with E-state index < -0.39 is 11.6 Å². The predicted molar refractivity (Wildman–Crippen MR) is 64.2 cm³/mol. The zero-order chi connectivity index (χ0) is 12.1. The Labute approximate surface area is 99.0 Å². The summed E-state index contributed by atoms with van der Waals surface area (Å²) in [7, 11) is 0. The van der Waals surface area contributed by atoms with Gasteiger partial charge in [0.15, 0.2) is 5.11 Å². The Kier molecular flexibility index (Phi) is 4.61. The van der Waals surface area contributed by atoms with E-state index in [-0.39, 0.29) is 6.04 Å². The first-order valence-corrected chi connectivity index (χ1v) is 5.44. The van der Waals surface area contributed by atoms with Crippen molar-refractivity contribution < 1.29 is 8.78 Å². The van der Waals surface area contributed by atoms with Crippen molar-refractivity contribution in [2.45, 2.75) is 19.9 Å². The minimum atomic E-state index is -0.581. The van der Waals surface area contributed by atoms with Gasteiger partial charge in [-0.25, -0.2) is 8.78 Å². The van der Waals surface area contributed by atoms with Crippen molar-refractivity contribution in [2.75, 3.05) is 6.54 Å². The van der Waals surface area contributed by atoms with Crippen molar-refractivity contribution in [1.82, 2.24) is 10.6 Å². The first-order valence-electron chi connectivity index (χ1n) is 5.04. The van der Waals surface area contributed by atoms with Gasteiger partial charge in [0.05, 0.1) is 6.04 Å². The molecular weight excluding hydrogens is 230 g/mol. The average molecular weight is 244 g/mol. The Morgan fingerprint density at radius 1 is 1.44 bits per heavy atom. The number of hydrogen-bond acceptors (Lipinski definition) is 1. The van der Waals surface area contributed by atoms with Crippen LogP contribution in [-0.4, -0.2) is 11.7 Å². The second kappa shape index (κ2) is 5.75. The van der Waals surface area contributed by atoms with Crippen LogP contribution in [0.25, 0.3) is 0 Å². The van der Waals surface area contributed by atoms with Gasteiger partial charge in [0.2, 0.25) is 0 Å². The Bertz CT molecular complexity index is 382. The van der Waals surface area contributed by atoms with Crippen molar-refractivity contribution in [3.8, 4) is 0 Å². The second-order valence-corrected chi connectivity index (χ2v) is 3.80. The molecule has 0 heterocycles. The lowest BCUT2D eigenvalue weighted by molar-refractivity contribution is 0.552. The van der Waals surface area contributed by atoms with Crippen LogP contribution >= 0.6 is 12.2 Å². The molecule has 0 bridgehead atoms. The molecule has 0 aliphatic rings. The molecule has 0 amide bonds. The molecule has 0 saturated heterocycles. The van der Waals surface area contributed by atoms with E-state index >= 15 is 0 Å². The minimum absolute atomic E-state index is 0.299. The molecule has 1 aromatic carbocycles. The van der Waals surface area contributed by atoms with Gasteiger partial charge in [0.25, 0.3) is 0 Å². The smallest absolute Gasteiger partial charge is 0.166 e. The highest BCUT2D eigenvalue weighted by molar-refractivity contribution is 7.80. The highest BCUT2D eigenvalue weighted by Crippen LogP contribution is 2.17. The number of halogens is 2. The highest BCUT2D eigenvalue weighted by Gasteiger charge is 2.12. The van der Waals surface area contributed by atoms with Crippen molar-refractivity contribution in [3.05, 3.63) is 35.4 Å². The summed E-state index contributed by atoms with van der Waals surface area (Å²) in [5.74, 6) is -1.15. The fourth-order valence-corrected chi connectivity index (χ4v) is 1.66. The molecule has 0 aromatic heterocycles. The molecule has 1 rings (SSSR count). The molecule has 1 aromatic rings. The van der Waals surface area contributed by atoms with E-state index in [4.69, 9.17) is 12.2 Å². The first-order chi connectivity index (χ1) is 7.54. The van der Waals surface area contributed by atoms with Gasteiger partial charge in [-0.3, -0.25) is 0 Å². The molecule has 0 saturated carbocycles. The summed E-state index contributed by atoms with van der Waals surface area (Å²) in [6.07, 6.45) is 0. The summed E-state index contributed by atoms with van der Waals surface area (Å²) in [6.45, 7) is 4.38. The van der Waals surface area contributed by atoms with Gasteiger partial charge in [-0.2, -0.15) is 0 Å². The van der Waals surface area contributed by atoms with Crippen molar-refractivity contribution in [1.29, 1.82) is 0 Å². The molecule has 1 atom stereocenters. The van der Waals surface area contributed by atoms with Gasteiger partial charge >= 0.3 is 0 Å². The average Bonchev–Trinajstić information content (AvgIpc) is 2.17. The van der Waals surface area contributed by atoms with E-state index in [0.717, 1.165) is 6.07 Å². The third-order valence-electron chi connectivity index (χ3n) is 2.11. The first kappa shape index (κ1) is 12.8. The van der Waals surface area contributed by atoms with E-state index in [1.807, 2.05) is 6.92 Å². The fourth-order valence-electron chi connectivity index (χ4n) is 1.34. The Morgan fingerprint density at radius 3 is 2.69 bits per heavy atom. The summed E-state index contributed by atoms with van der Waals surface area (Å²) in [5.41, 5.74) is 0.390. The van der Waals surface area contributed by atoms with Gasteiger partial charge < -0.3 is 10.6 Å². The molecule has 0 aliphatic carbocycles. The van der Waals surface area contributed by atoms with Crippen LogP contribution in [0.15, 0.2) is 18.2 Å².